The molecule has 0 aliphatic rings. The number of nitrogens with one attached hydrogen (secondary N) is 1. The average molecular weight is 151 g/mol. The fourth-order valence-electron chi connectivity index (χ4n) is 1.12. The molecule has 0 bridgehead atoms. The Labute approximate surface area is 62.5 Å². The Morgan fingerprint density at radius 2 is 2.18 bits per heavy atom. The molecular weight excluding hydrogens is 145 g/mol. The van der Waals surface area contributed by atoms with Gasteiger partial charge in [0.1, 0.15) is 0 Å². The summed E-state index contributed by atoms with van der Waals surface area (Å²) in [6.45, 7) is 0. The van der Waals surface area contributed by atoms with Crippen molar-refractivity contribution in [2.45, 2.75) is 0 Å². The number of aromatic nitrogens is 1. The second kappa shape index (κ2) is 2.27. The van der Waals surface area contributed by atoms with E-state index in [2.05, 4.69) is 9.93 Å². The molecule has 2 nitrogen and oxygen atoms in total. The zero-order valence-electron chi connectivity index (χ0n) is 5.67. The molecule has 1 aromatic carbocycles. The first kappa shape index (κ1) is 6.22. The second-order valence-electron chi connectivity index (χ2n) is 2.27. The molecule has 1 aromatic heterocycles. The van der Waals surface area contributed by atoms with Crippen molar-refractivity contribution in [3.05, 3.63) is 30.5 Å². The van der Waals surface area contributed by atoms with E-state index >= 15 is 0 Å². The number of H-pyrrole nitrogens is 1. The van der Waals surface area contributed by atoms with Crippen LogP contribution in [-0.2, 0) is 0 Å². The highest BCUT2D eigenvalue weighted by atomic mass is 19.3. The lowest BCUT2D eigenvalue weighted by Crippen LogP contribution is -1.76. The predicted molar refractivity (Wildman–Crippen MR) is 40.0 cm³/mol. The summed E-state index contributed by atoms with van der Waals surface area (Å²) in [5.74, 6) is 0.253. The minimum absolute atomic E-state index is 0.253. The van der Waals surface area contributed by atoms with Crippen LogP contribution in [0.25, 0.3) is 10.9 Å². The summed E-state index contributed by atoms with van der Waals surface area (Å²) >= 11 is 0. The summed E-state index contributed by atoms with van der Waals surface area (Å²) in [6.07, 6.45) is 1.74. The van der Waals surface area contributed by atoms with E-state index in [0.29, 0.717) is 0 Å². The van der Waals surface area contributed by atoms with Gasteiger partial charge in [0, 0.05) is 21.6 Å². The van der Waals surface area contributed by atoms with Crippen molar-refractivity contribution >= 4 is 10.9 Å². The van der Waals surface area contributed by atoms with Crippen LogP contribution < -0.4 is 4.94 Å². The molecule has 0 aliphatic heterocycles. The Morgan fingerprint density at radius 1 is 1.27 bits per heavy atom. The van der Waals surface area contributed by atoms with Crippen LogP contribution in [0.15, 0.2) is 30.5 Å². The third-order valence-electron chi connectivity index (χ3n) is 1.64. The molecule has 0 unspecified atom stereocenters. The molecule has 0 fully saturated rings. The fourth-order valence-corrected chi connectivity index (χ4v) is 1.12. The van der Waals surface area contributed by atoms with Crippen LogP contribution in [0, 0.1) is 0 Å². The summed E-state index contributed by atoms with van der Waals surface area (Å²) in [5.41, 5.74) is 0.875. The number of hydrogen-bond donors (Lipinski definition) is 1. The third kappa shape index (κ3) is 0.852. The van der Waals surface area contributed by atoms with E-state index in [0.717, 1.165) is 10.9 Å². The van der Waals surface area contributed by atoms with Gasteiger partial charge >= 0.3 is 0 Å². The Balaban J connectivity index is 2.79. The number of hydrogen-bond acceptors (Lipinski definition) is 1. The van der Waals surface area contributed by atoms with Crippen LogP contribution in [0.1, 0.15) is 0 Å². The van der Waals surface area contributed by atoms with Crippen LogP contribution in [0.3, 0.4) is 0 Å². The Kier molecular flexibility index (Phi) is 1.28. The number of halogens is 1. The van der Waals surface area contributed by atoms with E-state index in [1.54, 1.807) is 24.4 Å². The Hall–Kier alpha value is -1.51. The molecule has 1 N–H and O–H groups in total. The molecule has 2 rings (SSSR count). The van der Waals surface area contributed by atoms with E-state index in [1.165, 1.54) is 0 Å². The van der Waals surface area contributed by atoms with E-state index in [1.807, 2.05) is 6.07 Å². The maximum Gasteiger partial charge on any atom is 0.181 e. The molecule has 0 saturated carbocycles. The fraction of sp³-hybridized carbons (Fsp3) is 0. The van der Waals surface area contributed by atoms with Gasteiger partial charge in [-0.3, -0.25) is 4.94 Å². The molecular formula is C8H6FNO. The number of aromatic amines is 1. The summed E-state index contributed by atoms with van der Waals surface area (Å²) in [4.78, 5) is 6.61. The molecule has 1 heterocycles. The van der Waals surface area contributed by atoms with Crippen molar-refractivity contribution in [3.8, 4) is 5.75 Å². The van der Waals surface area contributed by atoms with E-state index < -0.39 is 0 Å². The number of benzene rings is 1. The standard InChI is InChI=1S/C8H6FNO/c9-11-8-3-1-2-7-6(8)4-5-10-7/h1-5,10H. The molecule has 0 saturated heterocycles. The van der Waals surface area contributed by atoms with Crippen molar-refractivity contribution in [2.75, 3.05) is 0 Å². The average Bonchev–Trinajstić information content (AvgIpc) is 2.50. The summed E-state index contributed by atoms with van der Waals surface area (Å²) in [5, 5.41) is 0.759. The van der Waals surface area contributed by atoms with Gasteiger partial charge in [-0.15, -0.1) is 0 Å². The summed E-state index contributed by atoms with van der Waals surface area (Å²) in [7, 11) is 0. The lowest BCUT2D eigenvalue weighted by Gasteiger charge is -1.94. The van der Waals surface area contributed by atoms with Crippen LogP contribution in [0.2, 0.25) is 0 Å². The van der Waals surface area contributed by atoms with Gasteiger partial charge in [-0.2, -0.15) is 0 Å². The molecule has 2 aromatic rings. The summed E-state index contributed by atoms with van der Waals surface area (Å²) in [6, 6.07) is 6.94. The van der Waals surface area contributed by atoms with Gasteiger partial charge in [-0.25, -0.2) is 0 Å². The van der Waals surface area contributed by atoms with Crippen LogP contribution in [0.4, 0.5) is 4.53 Å². The Bertz CT molecular complexity index is 369. The first-order chi connectivity index (χ1) is 5.42. The largest absolute Gasteiger partial charge is 0.361 e. The smallest absolute Gasteiger partial charge is 0.181 e. The van der Waals surface area contributed by atoms with Gasteiger partial charge in [-0.1, -0.05) is 6.07 Å². The normalized spacial score (nSPS) is 10.3. The molecule has 0 spiro atoms. The molecule has 0 radical (unpaired) electrons. The monoisotopic (exact) mass is 151 g/mol. The molecule has 56 valence electrons. The number of rotatable bonds is 1. The minimum atomic E-state index is 0.253. The highest BCUT2D eigenvalue weighted by Crippen LogP contribution is 2.24. The van der Waals surface area contributed by atoms with E-state index in [4.69, 9.17) is 0 Å². The highest BCUT2D eigenvalue weighted by Gasteiger charge is 2.01. The number of fused-ring (bicyclic) bond motifs is 1. The van der Waals surface area contributed by atoms with Crippen molar-refractivity contribution in [2.24, 2.45) is 0 Å². The predicted octanol–water partition coefficient (Wildman–Crippen LogP) is 2.43. The molecule has 0 aliphatic carbocycles. The van der Waals surface area contributed by atoms with Crippen LogP contribution >= 0.6 is 0 Å². The minimum Gasteiger partial charge on any atom is -0.361 e. The first-order valence-electron chi connectivity index (χ1n) is 3.26. The molecule has 0 amide bonds. The zero-order chi connectivity index (χ0) is 7.68. The molecule has 0 atom stereocenters. The maximum absolute atomic E-state index is 11.8. The van der Waals surface area contributed by atoms with Gasteiger partial charge < -0.3 is 4.98 Å². The van der Waals surface area contributed by atoms with E-state index in [-0.39, 0.29) is 5.75 Å². The first-order valence-corrected chi connectivity index (χ1v) is 3.26. The summed E-state index contributed by atoms with van der Waals surface area (Å²) < 4.78 is 11.8. The second-order valence-corrected chi connectivity index (χ2v) is 2.27. The lowest BCUT2D eigenvalue weighted by molar-refractivity contribution is -0.00422. The quantitative estimate of drug-likeness (QED) is 0.665. The van der Waals surface area contributed by atoms with Gasteiger partial charge in [0.05, 0.1) is 0 Å². The van der Waals surface area contributed by atoms with E-state index in [9.17, 15) is 4.53 Å². The highest BCUT2D eigenvalue weighted by molar-refractivity contribution is 5.85. The van der Waals surface area contributed by atoms with Crippen molar-refractivity contribution < 1.29 is 9.47 Å². The SMILES string of the molecule is FOc1cccc2[nH]ccc12. The molecule has 3 heteroatoms. The van der Waals surface area contributed by atoms with Crippen LogP contribution in [-0.4, -0.2) is 4.98 Å². The lowest BCUT2D eigenvalue weighted by atomic mass is 10.2. The maximum atomic E-state index is 11.8. The van der Waals surface area contributed by atoms with Crippen molar-refractivity contribution in [3.63, 3.8) is 0 Å². The van der Waals surface area contributed by atoms with Crippen molar-refractivity contribution in [1.82, 2.24) is 4.98 Å². The van der Waals surface area contributed by atoms with Crippen LogP contribution in [0.5, 0.6) is 5.75 Å². The van der Waals surface area contributed by atoms with Gasteiger partial charge in [0.25, 0.3) is 0 Å². The van der Waals surface area contributed by atoms with Gasteiger partial charge in [0.15, 0.2) is 5.75 Å². The molecule has 11 heavy (non-hydrogen) atoms. The topological polar surface area (TPSA) is 25.0 Å². The zero-order valence-corrected chi connectivity index (χ0v) is 5.67. The van der Waals surface area contributed by atoms with Gasteiger partial charge in [0.2, 0.25) is 0 Å². The van der Waals surface area contributed by atoms with Crippen molar-refractivity contribution in [1.29, 1.82) is 0 Å². The van der Waals surface area contributed by atoms with Gasteiger partial charge in [-0.05, 0) is 18.2 Å². The third-order valence-corrected chi connectivity index (χ3v) is 1.64. The Morgan fingerprint density at radius 3 is 3.00 bits per heavy atom.